The molecule has 3 aromatic rings. The number of likely N-dealkylation sites (tertiary alicyclic amines) is 1. The van der Waals surface area contributed by atoms with E-state index in [1.54, 1.807) is 11.3 Å². The molecule has 2 N–H and O–H groups in total. The fourth-order valence-electron chi connectivity index (χ4n) is 4.76. The summed E-state index contributed by atoms with van der Waals surface area (Å²) >= 11 is 1.61. The van der Waals surface area contributed by atoms with Crippen LogP contribution >= 0.6 is 11.3 Å². The number of anilines is 2. The van der Waals surface area contributed by atoms with Crippen molar-refractivity contribution in [3.63, 3.8) is 0 Å². The molecule has 0 bridgehead atoms. The molecule has 1 aliphatic carbocycles. The van der Waals surface area contributed by atoms with Gasteiger partial charge in [0.2, 0.25) is 0 Å². The number of aromatic nitrogens is 5. The second kappa shape index (κ2) is 8.97. The van der Waals surface area contributed by atoms with Crippen LogP contribution in [0.15, 0.2) is 12.3 Å². The summed E-state index contributed by atoms with van der Waals surface area (Å²) in [5.41, 5.74) is 4.00. The number of thiazole rings is 1. The Morgan fingerprint density at radius 3 is 2.81 bits per heavy atom. The van der Waals surface area contributed by atoms with Crippen LogP contribution in [0, 0.1) is 19.8 Å². The Kier molecular flexibility index (Phi) is 5.91. The molecule has 1 amide bonds. The van der Waals surface area contributed by atoms with Crippen molar-refractivity contribution in [3.8, 4) is 0 Å². The molecule has 4 heterocycles. The zero-order valence-electron chi connectivity index (χ0n) is 18.6. The number of H-pyrrole nitrogens is 1. The van der Waals surface area contributed by atoms with Gasteiger partial charge in [-0.1, -0.05) is 0 Å². The topological polar surface area (TPSA) is 99.7 Å². The van der Waals surface area contributed by atoms with E-state index in [4.69, 9.17) is 0 Å². The second-order valence-electron chi connectivity index (χ2n) is 8.87. The Morgan fingerprint density at radius 2 is 2.03 bits per heavy atom. The third-order valence-corrected chi connectivity index (χ3v) is 7.23. The van der Waals surface area contributed by atoms with E-state index in [-0.39, 0.29) is 5.91 Å². The van der Waals surface area contributed by atoms with Crippen molar-refractivity contribution in [1.29, 1.82) is 0 Å². The second-order valence-corrected chi connectivity index (χ2v) is 10.1. The minimum absolute atomic E-state index is 0.0889. The number of hydrogen-bond acceptors (Lipinski definition) is 7. The third-order valence-electron chi connectivity index (χ3n) is 6.41. The third kappa shape index (κ3) is 4.53. The van der Waals surface area contributed by atoms with Crippen molar-refractivity contribution < 1.29 is 4.79 Å². The summed E-state index contributed by atoms with van der Waals surface area (Å²) in [6, 6.07) is 2.03. The SMILES string of the molecule is Cc1nc(CC2CCN(C(=O)c3n[nH]c4c3CCCC4)CC2)cc(Nc2ncc(C)s2)n1. The minimum Gasteiger partial charge on any atom is -0.337 e. The van der Waals surface area contributed by atoms with Crippen LogP contribution in [0.1, 0.15) is 63.8 Å². The van der Waals surface area contributed by atoms with E-state index in [0.29, 0.717) is 11.6 Å². The lowest BCUT2D eigenvalue weighted by Crippen LogP contribution is -2.39. The van der Waals surface area contributed by atoms with Crippen molar-refractivity contribution in [1.82, 2.24) is 30.0 Å². The standard InChI is InChI=1S/C23H29N7OS/c1-14-13-24-23(32-14)27-20-12-17(25-15(2)26-20)11-16-7-9-30(10-8-16)22(31)21-18-5-3-4-6-19(18)28-29-21/h12-13,16H,3-11H2,1-2H3,(H,28,29)(H,24,25,26,27). The first-order valence-corrected chi connectivity index (χ1v) is 12.3. The molecule has 1 saturated heterocycles. The summed E-state index contributed by atoms with van der Waals surface area (Å²) in [5.74, 6) is 2.15. The number of amides is 1. The zero-order chi connectivity index (χ0) is 22.1. The highest BCUT2D eigenvalue weighted by molar-refractivity contribution is 7.15. The molecule has 2 aliphatic rings. The highest BCUT2D eigenvalue weighted by Crippen LogP contribution is 2.27. The maximum Gasteiger partial charge on any atom is 0.274 e. The fraction of sp³-hybridized carbons (Fsp3) is 0.522. The summed E-state index contributed by atoms with van der Waals surface area (Å²) in [6.45, 7) is 5.52. The van der Waals surface area contributed by atoms with Gasteiger partial charge >= 0.3 is 0 Å². The molecule has 5 rings (SSSR count). The molecule has 3 aromatic heterocycles. The molecule has 0 radical (unpaired) electrons. The molecule has 0 saturated carbocycles. The summed E-state index contributed by atoms with van der Waals surface area (Å²) in [5, 5.41) is 11.6. The van der Waals surface area contributed by atoms with Crippen LogP contribution < -0.4 is 5.32 Å². The van der Waals surface area contributed by atoms with Crippen molar-refractivity contribution >= 4 is 28.2 Å². The molecule has 1 fully saturated rings. The maximum atomic E-state index is 13.1. The van der Waals surface area contributed by atoms with Crippen molar-refractivity contribution in [2.75, 3.05) is 18.4 Å². The van der Waals surface area contributed by atoms with E-state index < -0.39 is 0 Å². The Labute approximate surface area is 191 Å². The smallest absolute Gasteiger partial charge is 0.274 e. The molecule has 168 valence electrons. The van der Waals surface area contributed by atoms with Crippen LogP contribution in [0.25, 0.3) is 0 Å². The Bertz CT molecular complexity index is 1110. The van der Waals surface area contributed by atoms with Gasteiger partial charge in [-0.05, 0) is 64.7 Å². The van der Waals surface area contributed by atoms with E-state index in [1.165, 1.54) is 6.42 Å². The Balaban J connectivity index is 1.20. The summed E-state index contributed by atoms with van der Waals surface area (Å²) in [6.07, 6.45) is 9.02. The van der Waals surface area contributed by atoms with Gasteiger partial charge in [0.25, 0.3) is 5.91 Å². The van der Waals surface area contributed by atoms with Crippen LogP contribution in [0.4, 0.5) is 10.9 Å². The molecule has 0 unspecified atom stereocenters. The lowest BCUT2D eigenvalue weighted by Gasteiger charge is -2.31. The number of aryl methyl sites for hydroxylation is 3. The number of piperidine rings is 1. The minimum atomic E-state index is 0.0889. The molecule has 0 atom stereocenters. The van der Waals surface area contributed by atoms with Gasteiger partial charge in [0.05, 0.1) is 0 Å². The predicted octanol–water partition coefficient (Wildman–Crippen LogP) is 3.99. The van der Waals surface area contributed by atoms with E-state index in [0.717, 1.165) is 90.2 Å². The van der Waals surface area contributed by atoms with Crippen molar-refractivity contribution in [3.05, 3.63) is 45.6 Å². The molecule has 0 aromatic carbocycles. The van der Waals surface area contributed by atoms with Gasteiger partial charge in [-0.2, -0.15) is 5.10 Å². The number of hydrogen-bond donors (Lipinski definition) is 2. The highest BCUT2D eigenvalue weighted by atomic mass is 32.1. The van der Waals surface area contributed by atoms with Crippen LogP contribution in [0.2, 0.25) is 0 Å². The summed E-state index contributed by atoms with van der Waals surface area (Å²) < 4.78 is 0. The first-order valence-electron chi connectivity index (χ1n) is 11.4. The van der Waals surface area contributed by atoms with Crippen LogP contribution in [0.3, 0.4) is 0 Å². The highest BCUT2D eigenvalue weighted by Gasteiger charge is 2.29. The normalized spacial score (nSPS) is 16.8. The van der Waals surface area contributed by atoms with Gasteiger partial charge in [0.15, 0.2) is 10.8 Å². The lowest BCUT2D eigenvalue weighted by molar-refractivity contribution is 0.0683. The van der Waals surface area contributed by atoms with Crippen LogP contribution in [-0.4, -0.2) is 49.0 Å². The van der Waals surface area contributed by atoms with Crippen LogP contribution in [-0.2, 0) is 19.3 Å². The van der Waals surface area contributed by atoms with Crippen LogP contribution in [0.5, 0.6) is 0 Å². The molecule has 0 spiro atoms. The fourth-order valence-corrected chi connectivity index (χ4v) is 5.44. The van der Waals surface area contributed by atoms with Gasteiger partial charge in [-0.15, -0.1) is 11.3 Å². The van der Waals surface area contributed by atoms with E-state index >= 15 is 0 Å². The molecular formula is C23H29N7OS. The van der Waals surface area contributed by atoms with Crippen molar-refractivity contribution in [2.24, 2.45) is 5.92 Å². The van der Waals surface area contributed by atoms with E-state index in [9.17, 15) is 4.79 Å². The molecule has 9 heteroatoms. The van der Waals surface area contributed by atoms with Crippen molar-refractivity contribution in [2.45, 2.75) is 58.8 Å². The lowest BCUT2D eigenvalue weighted by atomic mass is 9.91. The molecular weight excluding hydrogens is 422 g/mol. The van der Waals surface area contributed by atoms with E-state index in [1.807, 2.05) is 31.0 Å². The summed E-state index contributed by atoms with van der Waals surface area (Å²) in [4.78, 5) is 29.7. The largest absolute Gasteiger partial charge is 0.337 e. The molecule has 1 aliphatic heterocycles. The Morgan fingerprint density at radius 1 is 1.22 bits per heavy atom. The maximum absolute atomic E-state index is 13.1. The number of nitrogens with zero attached hydrogens (tertiary/aromatic N) is 5. The number of aromatic amines is 1. The Hall–Kier alpha value is -2.81. The zero-order valence-corrected chi connectivity index (χ0v) is 19.5. The molecule has 8 nitrogen and oxygen atoms in total. The monoisotopic (exact) mass is 451 g/mol. The first-order chi connectivity index (χ1) is 15.5. The number of rotatable bonds is 5. The average molecular weight is 452 g/mol. The van der Waals surface area contributed by atoms with Gasteiger partial charge < -0.3 is 10.2 Å². The van der Waals surface area contributed by atoms with Gasteiger partial charge in [0, 0.05) is 47.2 Å². The number of fused-ring (bicyclic) bond motifs is 1. The van der Waals surface area contributed by atoms with Gasteiger partial charge in [-0.3, -0.25) is 9.89 Å². The predicted molar refractivity (Wildman–Crippen MR) is 124 cm³/mol. The number of nitrogens with one attached hydrogen (secondary N) is 2. The van der Waals surface area contributed by atoms with Gasteiger partial charge in [-0.25, -0.2) is 15.0 Å². The quantitative estimate of drug-likeness (QED) is 0.608. The number of carbonyl (C=O) groups excluding carboxylic acids is 1. The summed E-state index contributed by atoms with van der Waals surface area (Å²) in [7, 11) is 0. The molecule has 32 heavy (non-hydrogen) atoms. The first kappa shape index (κ1) is 21.1. The van der Waals surface area contributed by atoms with Gasteiger partial charge in [0.1, 0.15) is 11.6 Å². The van der Waals surface area contributed by atoms with E-state index in [2.05, 4.69) is 30.5 Å². The average Bonchev–Trinajstić information content (AvgIpc) is 3.39. The number of carbonyl (C=O) groups is 1.